The van der Waals surface area contributed by atoms with Crippen LogP contribution in [0.3, 0.4) is 0 Å². The van der Waals surface area contributed by atoms with E-state index in [1.165, 1.54) is 22.3 Å². The molecule has 2 atom stereocenters. The number of aryl methyl sites for hydroxylation is 1. The molecule has 1 aliphatic rings. The molecule has 0 aliphatic carbocycles. The van der Waals surface area contributed by atoms with Crippen molar-refractivity contribution in [1.29, 1.82) is 0 Å². The van der Waals surface area contributed by atoms with Gasteiger partial charge in [0.2, 0.25) is 0 Å². The molecule has 3 nitrogen and oxygen atoms in total. The first-order valence-electron chi connectivity index (χ1n) is 10.6. The topological polar surface area (TPSA) is 36.4 Å². The summed E-state index contributed by atoms with van der Waals surface area (Å²) in [6.07, 6.45) is -0.173. The van der Waals surface area contributed by atoms with E-state index in [9.17, 15) is 0 Å². The Morgan fingerprint density at radius 1 is 0.613 bits per heavy atom. The maximum Gasteiger partial charge on any atom is 0.131 e. The quantitative estimate of drug-likeness (QED) is 0.438. The highest BCUT2D eigenvalue weighted by Gasteiger charge is 2.25. The van der Waals surface area contributed by atoms with Gasteiger partial charge in [-0.05, 0) is 35.2 Å². The van der Waals surface area contributed by atoms with Crippen LogP contribution in [0.15, 0.2) is 114 Å². The predicted molar refractivity (Wildman–Crippen MR) is 128 cm³/mol. The highest BCUT2D eigenvalue weighted by molar-refractivity contribution is 5.99. The van der Waals surface area contributed by atoms with Gasteiger partial charge in [-0.1, -0.05) is 109 Å². The van der Waals surface area contributed by atoms with Crippen LogP contribution in [0.5, 0.6) is 0 Å². The second-order valence-electron chi connectivity index (χ2n) is 7.90. The molecular weight excluding hydrogens is 378 g/mol. The molecule has 4 aromatic carbocycles. The Kier molecular flexibility index (Phi) is 5.34. The van der Waals surface area contributed by atoms with Crippen LogP contribution in [0.25, 0.3) is 11.1 Å². The second kappa shape index (κ2) is 8.58. The molecule has 0 fully saturated rings. The number of aliphatic imine (C=N–C) groups is 1. The smallest absolute Gasteiger partial charge is 0.131 e. The van der Waals surface area contributed by atoms with Gasteiger partial charge in [0, 0.05) is 5.56 Å². The van der Waals surface area contributed by atoms with E-state index in [0.717, 1.165) is 17.0 Å². The molecule has 3 heteroatoms. The minimum atomic E-state index is -0.147. The Balaban J connectivity index is 1.54. The van der Waals surface area contributed by atoms with Crippen molar-refractivity contribution in [3.8, 4) is 11.1 Å². The third-order valence-corrected chi connectivity index (χ3v) is 5.60. The van der Waals surface area contributed by atoms with Gasteiger partial charge in [-0.25, -0.2) is 4.99 Å². The van der Waals surface area contributed by atoms with Crippen molar-refractivity contribution in [2.75, 3.05) is 0 Å². The van der Waals surface area contributed by atoms with E-state index in [4.69, 9.17) is 4.99 Å². The van der Waals surface area contributed by atoms with E-state index in [1.807, 2.05) is 24.3 Å². The van der Waals surface area contributed by atoms with E-state index in [1.54, 1.807) is 0 Å². The Morgan fingerprint density at radius 2 is 1.23 bits per heavy atom. The van der Waals surface area contributed by atoms with Crippen LogP contribution in [0.2, 0.25) is 0 Å². The van der Waals surface area contributed by atoms with Gasteiger partial charge in [0.25, 0.3) is 0 Å². The van der Waals surface area contributed by atoms with Gasteiger partial charge < -0.3 is 5.32 Å². The van der Waals surface area contributed by atoms with Crippen LogP contribution in [0, 0.1) is 6.92 Å². The maximum atomic E-state index is 5.04. The van der Waals surface area contributed by atoms with Crippen LogP contribution in [0.1, 0.15) is 34.6 Å². The predicted octanol–water partition coefficient (Wildman–Crippen LogP) is 6.00. The van der Waals surface area contributed by atoms with E-state index >= 15 is 0 Å². The molecule has 2 unspecified atom stereocenters. The lowest BCUT2D eigenvalue weighted by atomic mass is 10.00. The summed E-state index contributed by atoms with van der Waals surface area (Å²) in [5.74, 6) is 0.902. The Bertz CT molecular complexity index is 1200. The molecule has 0 spiro atoms. The molecule has 0 radical (unpaired) electrons. The fourth-order valence-electron chi connectivity index (χ4n) is 4.00. The van der Waals surface area contributed by atoms with E-state index in [-0.39, 0.29) is 12.3 Å². The number of nitrogens with one attached hydrogen (secondary N) is 2. The number of benzene rings is 4. The molecule has 152 valence electrons. The highest BCUT2D eigenvalue weighted by Crippen LogP contribution is 2.28. The van der Waals surface area contributed by atoms with Crippen molar-refractivity contribution < 1.29 is 0 Å². The standard InChI is InChI=1S/C28H25N3/c1-20-10-8-15-23(18-20)24-16-9-17-25(19-24)28-30-26(21-11-4-2-5-12-21)29-27(31-28)22-13-6-3-7-14-22/h2-19,26,28,30H,1H3,(H,29,31). The molecule has 0 saturated carbocycles. The summed E-state index contributed by atoms with van der Waals surface area (Å²) >= 11 is 0. The summed E-state index contributed by atoms with van der Waals surface area (Å²) in [7, 11) is 0. The number of hydrogen-bond donors (Lipinski definition) is 2. The first-order chi connectivity index (χ1) is 15.3. The van der Waals surface area contributed by atoms with Crippen molar-refractivity contribution in [1.82, 2.24) is 10.6 Å². The molecule has 4 aromatic rings. The average molecular weight is 404 g/mol. The lowest BCUT2D eigenvalue weighted by Gasteiger charge is -2.32. The van der Waals surface area contributed by atoms with Crippen molar-refractivity contribution in [2.24, 2.45) is 4.99 Å². The summed E-state index contributed by atoms with van der Waals surface area (Å²) in [5, 5.41) is 7.26. The monoisotopic (exact) mass is 403 g/mol. The SMILES string of the molecule is Cc1cccc(-c2cccc(C3N=C(c4ccccc4)NC(c4ccccc4)N3)c2)c1. The molecule has 0 saturated heterocycles. The van der Waals surface area contributed by atoms with Crippen molar-refractivity contribution >= 4 is 5.84 Å². The third kappa shape index (κ3) is 4.27. The number of nitrogens with zero attached hydrogens (tertiary/aromatic N) is 1. The minimum absolute atomic E-state index is 0.0264. The molecular formula is C28H25N3. The lowest BCUT2D eigenvalue weighted by molar-refractivity contribution is 0.409. The average Bonchev–Trinajstić information content (AvgIpc) is 2.85. The normalized spacial score (nSPS) is 18.2. The fourth-order valence-corrected chi connectivity index (χ4v) is 4.00. The molecule has 0 bridgehead atoms. The van der Waals surface area contributed by atoms with Crippen molar-refractivity contribution in [3.05, 3.63) is 131 Å². The number of amidine groups is 1. The first-order valence-corrected chi connectivity index (χ1v) is 10.6. The molecule has 0 aromatic heterocycles. The van der Waals surface area contributed by atoms with Gasteiger partial charge in [-0.3, -0.25) is 5.32 Å². The van der Waals surface area contributed by atoms with Gasteiger partial charge in [-0.15, -0.1) is 0 Å². The van der Waals surface area contributed by atoms with Crippen LogP contribution in [-0.4, -0.2) is 5.84 Å². The minimum Gasteiger partial charge on any atom is -0.350 e. The summed E-state index contributed by atoms with van der Waals surface area (Å²) in [6, 6.07) is 38.1. The van der Waals surface area contributed by atoms with Gasteiger partial charge >= 0.3 is 0 Å². The van der Waals surface area contributed by atoms with Crippen molar-refractivity contribution in [3.63, 3.8) is 0 Å². The first kappa shape index (κ1) is 19.3. The zero-order valence-corrected chi connectivity index (χ0v) is 17.5. The summed E-state index contributed by atoms with van der Waals surface area (Å²) in [5.41, 5.74) is 7.11. The zero-order valence-electron chi connectivity index (χ0n) is 17.5. The molecule has 1 heterocycles. The number of rotatable bonds is 4. The Morgan fingerprint density at radius 3 is 1.97 bits per heavy atom. The van der Waals surface area contributed by atoms with Gasteiger partial charge in [0.15, 0.2) is 0 Å². The highest BCUT2D eigenvalue weighted by atomic mass is 15.3. The zero-order chi connectivity index (χ0) is 21.0. The summed E-state index contributed by atoms with van der Waals surface area (Å²) in [4.78, 5) is 5.04. The van der Waals surface area contributed by atoms with Gasteiger partial charge in [0.05, 0.1) is 0 Å². The Labute approximate surface area is 183 Å². The largest absolute Gasteiger partial charge is 0.350 e. The van der Waals surface area contributed by atoms with E-state index in [0.29, 0.717) is 0 Å². The molecule has 2 N–H and O–H groups in total. The van der Waals surface area contributed by atoms with Gasteiger partial charge in [0.1, 0.15) is 18.2 Å². The molecule has 5 rings (SSSR count). The second-order valence-corrected chi connectivity index (χ2v) is 7.90. The third-order valence-electron chi connectivity index (χ3n) is 5.60. The number of hydrogen-bond acceptors (Lipinski definition) is 3. The van der Waals surface area contributed by atoms with Crippen molar-refractivity contribution in [2.45, 2.75) is 19.3 Å². The Hall–Kier alpha value is -3.69. The van der Waals surface area contributed by atoms with E-state index in [2.05, 4.69) is 102 Å². The lowest BCUT2D eigenvalue weighted by Crippen LogP contribution is -2.44. The summed E-state index contributed by atoms with van der Waals surface area (Å²) in [6.45, 7) is 2.13. The fraction of sp³-hybridized carbons (Fsp3) is 0.107. The van der Waals surface area contributed by atoms with E-state index < -0.39 is 0 Å². The van der Waals surface area contributed by atoms with Crippen LogP contribution in [0.4, 0.5) is 0 Å². The van der Waals surface area contributed by atoms with Crippen LogP contribution < -0.4 is 10.6 Å². The van der Waals surface area contributed by atoms with Crippen LogP contribution in [-0.2, 0) is 0 Å². The molecule has 1 aliphatic heterocycles. The maximum absolute atomic E-state index is 5.04. The molecule has 31 heavy (non-hydrogen) atoms. The van der Waals surface area contributed by atoms with Gasteiger partial charge in [-0.2, -0.15) is 0 Å². The van der Waals surface area contributed by atoms with Crippen LogP contribution >= 0.6 is 0 Å². The molecule has 0 amide bonds. The summed E-state index contributed by atoms with van der Waals surface area (Å²) < 4.78 is 0.